The summed E-state index contributed by atoms with van der Waals surface area (Å²) >= 11 is 3.38. The number of nitrogens with zero attached hydrogens (tertiary/aromatic N) is 1. The highest BCUT2D eigenvalue weighted by Gasteiger charge is 2.10. The highest BCUT2D eigenvalue weighted by atomic mass is 79.9. The van der Waals surface area contributed by atoms with Crippen LogP contribution in [-0.2, 0) is 13.1 Å². The quantitative estimate of drug-likeness (QED) is 0.887. The fraction of sp³-hybridized carbons (Fsp3) is 0.188. The molecule has 0 amide bonds. The Morgan fingerprint density at radius 2 is 1.86 bits per heavy atom. The van der Waals surface area contributed by atoms with Crippen LogP contribution in [0.1, 0.15) is 21.5 Å². The van der Waals surface area contributed by atoms with Gasteiger partial charge in [-0.2, -0.15) is 0 Å². The summed E-state index contributed by atoms with van der Waals surface area (Å²) in [6, 6.07) is 11.6. The van der Waals surface area contributed by atoms with E-state index in [-0.39, 0.29) is 11.4 Å². The van der Waals surface area contributed by atoms with Crippen molar-refractivity contribution in [1.29, 1.82) is 0 Å². The Morgan fingerprint density at radius 3 is 2.48 bits per heavy atom. The van der Waals surface area contributed by atoms with Crippen LogP contribution < -0.4 is 0 Å². The molecule has 2 rings (SSSR count). The monoisotopic (exact) mass is 351 g/mol. The minimum atomic E-state index is -0.957. The molecule has 2 aromatic rings. The van der Waals surface area contributed by atoms with E-state index in [4.69, 9.17) is 5.11 Å². The summed E-state index contributed by atoms with van der Waals surface area (Å²) in [6.07, 6.45) is 0. The van der Waals surface area contributed by atoms with Gasteiger partial charge in [0.15, 0.2) is 0 Å². The van der Waals surface area contributed by atoms with Crippen LogP contribution in [0.25, 0.3) is 0 Å². The lowest BCUT2D eigenvalue weighted by Crippen LogP contribution is -2.18. The maximum Gasteiger partial charge on any atom is 0.335 e. The van der Waals surface area contributed by atoms with Gasteiger partial charge < -0.3 is 5.11 Å². The Labute approximate surface area is 131 Å². The summed E-state index contributed by atoms with van der Waals surface area (Å²) in [4.78, 5) is 12.9. The number of rotatable bonds is 5. The van der Waals surface area contributed by atoms with E-state index in [0.717, 1.165) is 10.0 Å². The molecular formula is C16H15BrFNO2. The molecule has 0 aromatic heterocycles. The van der Waals surface area contributed by atoms with Gasteiger partial charge in [-0.1, -0.05) is 40.2 Å². The van der Waals surface area contributed by atoms with E-state index in [2.05, 4.69) is 15.9 Å². The van der Waals surface area contributed by atoms with Gasteiger partial charge in [0, 0.05) is 23.1 Å². The summed E-state index contributed by atoms with van der Waals surface area (Å²) in [5.41, 5.74) is 1.83. The second kappa shape index (κ2) is 6.83. The zero-order valence-electron chi connectivity index (χ0n) is 11.5. The van der Waals surface area contributed by atoms with E-state index in [1.54, 1.807) is 30.3 Å². The summed E-state index contributed by atoms with van der Waals surface area (Å²) in [7, 11) is 1.89. The van der Waals surface area contributed by atoms with Crippen LogP contribution in [0, 0.1) is 5.82 Å². The van der Waals surface area contributed by atoms with Gasteiger partial charge in [0.1, 0.15) is 5.82 Å². The molecule has 110 valence electrons. The first-order valence-corrected chi connectivity index (χ1v) is 7.20. The van der Waals surface area contributed by atoms with Gasteiger partial charge in [-0.15, -0.1) is 0 Å². The predicted octanol–water partition coefficient (Wildman–Crippen LogP) is 3.92. The molecule has 0 aliphatic rings. The second-order valence-corrected chi connectivity index (χ2v) is 5.73. The molecule has 0 spiro atoms. The van der Waals surface area contributed by atoms with Crippen molar-refractivity contribution in [3.8, 4) is 0 Å². The number of aromatic carboxylic acids is 1. The third kappa shape index (κ3) is 4.12. The fourth-order valence-corrected chi connectivity index (χ4v) is 2.58. The van der Waals surface area contributed by atoms with Crippen LogP contribution in [0.5, 0.6) is 0 Å². The fourth-order valence-electron chi connectivity index (χ4n) is 2.07. The van der Waals surface area contributed by atoms with E-state index in [9.17, 15) is 9.18 Å². The summed E-state index contributed by atoms with van der Waals surface area (Å²) in [5.74, 6) is -1.17. The van der Waals surface area contributed by atoms with Gasteiger partial charge >= 0.3 is 5.97 Å². The minimum Gasteiger partial charge on any atom is -0.478 e. The van der Waals surface area contributed by atoms with Crippen LogP contribution in [0.3, 0.4) is 0 Å². The van der Waals surface area contributed by atoms with Gasteiger partial charge in [0.2, 0.25) is 0 Å². The number of halogens is 2. The molecule has 2 aromatic carbocycles. The topological polar surface area (TPSA) is 40.5 Å². The van der Waals surface area contributed by atoms with E-state index < -0.39 is 5.97 Å². The first-order chi connectivity index (χ1) is 9.97. The van der Waals surface area contributed by atoms with Crippen molar-refractivity contribution in [2.45, 2.75) is 13.1 Å². The number of benzene rings is 2. The Morgan fingerprint density at radius 1 is 1.19 bits per heavy atom. The lowest BCUT2D eigenvalue weighted by molar-refractivity contribution is 0.0697. The van der Waals surface area contributed by atoms with Crippen molar-refractivity contribution in [1.82, 2.24) is 4.90 Å². The van der Waals surface area contributed by atoms with E-state index in [0.29, 0.717) is 18.7 Å². The summed E-state index contributed by atoms with van der Waals surface area (Å²) in [6.45, 7) is 1.08. The molecular weight excluding hydrogens is 337 g/mol. The number of hydrogen-bond acceptors (Lipinski definition) is 2. The molecule has 0 aliphatic carbocycles. The summed E-state index contributed by atoms with van der Waals surface area (Å²) < 4.78 is 14.3. The molecule has 5 heteroatoms. The van der Waals surface area contributed by atoms with E-state index >= 15 is 0 Å². The smallest absolute Gasteiger partial charge is 0.335 e. The van der Waals surface area contributed by atoms with Crippen molar-refractivity contribution in [2.75, 3.05) is 7.05 Å². The van der Waals surface area contributed by atoms with Gasteiger partial charge in [-0.3, -0.25) is 4.90 Å². The largest absolute Gasteiger partial charge is 0.478 e. The number of carboxylic acids is 1. The van der Waals surface area contributed by atoms with Crippen molar-refractivity contribution >= 4 is 21.9 Å². The molecule has 0 radical (unpaired) electrons. The van der Waals surface area contributed by atoms with E-state index in [1.165, 1.54) is 6.07 Å². The maximum atomic E-state index is 13.6. The van der Waals surface area contributed by atoms with Crippen LogP contribution in [0.2, 0.25) is 0 Å². The lowest BCUT2D eigenvalue weighted by Gasteiger charge is -2.18. The predicted molar refractivity (Wildman–Crippen MR) is 82.7 cm³/mol. The summed E-state index contributed by atoms with van der Waals surface area (Å²) in [5, 5.41) is 8.93. The van der Waals surface area contributed by atoms with Gasteiger partial charge in [0.25, 0.3) is 0 Å². The normalized spacial score (nSPS) is 10.9. The molecule has 0 bridgehead atoms. The average molecular weight is 352 g/mol. The molecule has 3 nitrogen and oxygen atoms in total. The van der Waals surface area contributed by atoms with E-state index in [1.807, 2.05) is 18.0 Å². The highest BCUT2D eigenvalue weighted by molar-refractivity contribution is 9.10. The molecule has 0 atom stereocenters. The molecule has 0 aliphatic heterocycles. The molecule has 0 fully saturated rings. The van der Waals surface area contributed by atoms with Crippen LogP contribution in [-0.4, -0.2) is 23.0 Å². The van der Waals surface area contributed by atoms with Crippen molar-refractivity contribution in [2.24, 2.45) is 0 Å². The molecule has 1 N–H and O–H groups in total. The Hall–Kier alpha value is -1.72. The molecule has 0 heterocycles. The zero-order chi connectivity index (χ0) is 15.4. The van der Waals surface area contributed by atoms with Crippen LogP contribution >= 0.6 is 15.9 Å². The van der Waals surface area contributed by atoms with Gasteiger partial charge in [-0.05, 0) is 30.8 Å². The first kappa shape index (κ1) is 15.7. The Balaban J connectivity index is 2.08. The SMILES string of the molecule is CN(Cc1ccccc1F)Cc1ccc(C(=O)O)cc1Br. The third-order valence-corrected chi connectivity index (χ3v) is 3.88. The standard InChI is InChI=1S/C16H15BrFNO2/c1-19(10-13-4-2-3-5-15(13)18)9-12-7-6-11(16(20)21)8-14(12)17/h2-8H,9-10H2,1H3,(H,20,21). The van der Waals surface area contributed by atoms with Gasteiger partial charge in [-0.25, -0.2) is 9.18 Å². The van der Waals surface area contributed by atoms with Crippen molar-refractivity contribution in [3.05, 3.63) is 69.4 Å². The van der Waals surface area contributed by atoms with Crippen molar-refractivity contribution < 1.29 is 14.3 Å². The van der Waals surface area contributed by atoms with Crippen LogP contribution in [0.4, 0.5) is 4.39 Å². The number of carbonyl (C=O) groups is 1. The highest BCUT2D eigenvalue weighted by Crippen LogP contribution is 2.21. The Bertz CT molecular complexity index is 660. The Kier molecular flexibility index (Phi) is 5.09. The van der Waals surface area contributed by atoms with Gasteiger partial charge in [0.05, 0.1) is 5.56 Å². The number of carboxylic acid groups (broad SMARTS) is 1. The maximum absolute atomic E-state index is 13.6. The third-order valence-electron chi connectivity index (χ3n) is 3.14. The average Bonchev–Trinajstić information content (AvgIpc) is 2.43. The second-order valence-electron chi connectivity index (χ2n) is 4.88. The van der Waals surface area contributed by atoms with Crippen molar-refractivity contribution in [3.63, 3.8) is 0 Å². The minimum absolute atomic E-state index is 0.218. The van der Waals surface area contributed by atoms with Crippen LogP contribution in [0.15, 0.2) is 46.9 Å². The molecule has 21 heavy (non-hydrogen) atoms. The molecule has 0 saturated heterocycles. The number of hydrogen-bond donors (Lipinski definition) is 1. The molecule has 0 saturated carbocycles. The molecule has 0 unspecified atom stereocenters. The first-order valence-electron chi connectivity index (χ1n) is 6.41. The lowest BCUT2D eigenvalue weighted by atomic mass is 10.1. The zero-order valence-corrected chi connectivity index (χ0v) is 13.1.